The van der Waals surface area contributed by atoms with E-state index in [2.05, 4.69) is 20.8 Å². The highest BCUT2D eigenvalue weighted by Gasteiger charge is 2.31. The molecule has 0 saturated carbocycles. The molecule has 2 atom stereocenters. The molecule has 1 amide bonds. The van der Waals surface area contributed by atoms with Crippen LogP contribution in [0, 0.1) is 12.7 Å². The number of nitrogens with zero attached hydrogens (tertiary/aromatic N) is 5. The van der Waals surface area contributed by atoms with Gasteiger partial charge >= 0.3 is 0 Å². The number of likely N-dealkylation sites (tertiary alicyclic amines) is 1. The van der Waals surface area contributed by atoms with Gasteiger partial charge in [-0.15, -0.1) is 5.10 Å². The lowest BCUT2D eigenvalue weighted by atomic mass is 10.0. The van der Waals surface area contributed by atoms with Crippen molar-refractivity contribution in [3.63, 3.8) is 0 Å². The van der Waals surface area contributed by atoms with Gasteiger partial charge in [-0.1, -0.05) is 12.1 Å². The fourth-order valence-electron chi connectivity index (χ4n) is 3.32. The number of carbonyl (C=O) groups is 1. The molecule has 0 aliphatic carbocycles. The van der Waals surface area contributed by atoms with Crippen molar-refractivity contribution in [3.8, 4) is 0 Å². The summed E-state index contributed by atoms with van der Waals surface area (Å²) in [4.78, 5) is 15.0. The van der Waals surface area contributed by atoms with E-state index in [9.17, 15) is 9.18 Å². The number of benzene rings is 1. The standard InChI is InChI=1S/C17H23FN6O/c1-12-20-21-22-24(12)16(10-13-5-3-6-14(18)9-13)17(25)23-8-4-7-15(11-23)19-2/h3,5-6,9,15-16,19H,4,7-8,10-11H2,1-2H3. The number of aryl methyl sites for hydroxylation is 1. The van der Waals surface area contributed by atoms with Crippen molar-refractivity contribution in [2.45, 2.75) is 38.3 Å². The lowest BCUT2D eigenvalue weighted by molar-refractivity contribution is -0.136. The van der Waals surface area contributed by atoms with Gasteiger partial charge in [-0.25, -0.2) is 9.07 Å². The molecule has 0 radical (unpaired) electrons. The number of rotatable bonds is 5. The third-order valence-corrected chi connectivity index (χ3v) is 4.70. The van der Waals surface area contributed by atoms with Gasteiger partial charge in [0.2, 0.25) is 5.91 Å². The molecule has 1 aromatic carbocycles. The Morgan fingerprint density at radius 3 is 3.00 bits per heavy atom. The summed E-state index contributed by atoms with van der Waals surface area (Å²) in [7, 11) is 1.91. The van der Waals surface area contributed by atoms with Crippen molar-refractivity contribution in [2.24, 2.45) is 0 Å². The van der Waals surface area contributed by atoms with Crippen molar-refractivity contribution in [1.29, 1.82) is 0 Å². The fourth-order valence-corrected chi connectivity index (χ4v) is 3.32. The van der Waals surface area contributed by atoms with Crippen LogP contribution in [0.4, 0.5) is 4.39 Å². The number of likely N-dealkylation sites (N-methyl/N-ethyl adjacent to an activating group) is 1. The van der Waals surface area contributed by atoms with Gasteiger partial charge in [-0.05, 0) is 54.9 Å². The molecule has 134 valence electrons. The number of hydrogen-bond acceptors (Lipinski definition) is 5. The zero-order valence-corrected chi connectivity index (χ0v) is 14.5. The quantitative estimate of drug-likeness (QED) is 0.878. The molecule has 1 N–H and O–H groups in total. The molecule has 1 aromatic heterocycles. The second-order valence-corrected chi connectivity index (χ2v) is 6.43. The molecule has 2 unspecified atom stereocenters. The number of carbonyl (C=O) groups excluding carboxylic acids is 1. The monoisotopic (exact) mass is 346 g/mol. The molecule has 1 aliphatic heterocycles. The Morgan fingerprint density at radius 1 is 1.48 bits per heavy atom. The summed E-state index contributed by atoms with van der Waals surface area (Å²) < 4.78 is 15.1. The summed E-state index contributed by atoms with van der Waals surface area (Å²) >= 11 is 0. The lowest BCUT2D eigenvalue weighted by Gasteiger charge is -2.34. The summed E-state index contributed by atoms with van der Waals surface area (Å²) in [5.74, 6) is 0.224. The minimum absolute atomic E-state index is 0.0281. The number of hydrogen-bond donors (Lipinski definition) is 1. The van der Waals surface area contributed by atoms with Crippen molar-refractivity contribution in [3.05, 3.63) is 41.5 Å². The van der Waals surface area contributed by atoms with Gasteiger partial charge in [-0.2, -0.15) is 0 Å². The third-order valence-electron chi connectivity index (χ3n) is 4.70. The fraction of sp³-hybridized carbons (Fsp3) is 0.529. The normalized spacial score (nSPS) is 19.0. The molecular weight excluding hydrogens is 323 g/mol. The molecule has 3 rings (SSSR count). The average molecular weight is 346 g/mol. The van der Waals surface area contributed by atoms with Gasteiger partial charge < -0.3 is 10.2 Å². The van der Waals surface area contributed by atoms with Crippen LogP contribution in [-0.2, 0) is 11.2 Å². The van der Waals surface area contributed by atoms with Gasteiger partial charge in [0.05, 0.1) is 0 Å². The molecule has 0 bridgehead atoms. The summed E-state index contributed by atoms with van der Waals surface area (Å²) in [6, 6.07) is 6.03. The van der Waals surface area contributed by atoms with E-state index in [0.717, 1.165) is 24.9 Å². The Hall–Kier alpha value is -2.35. The maximum atomic E-state index is 13.5. The van der Waals surface area contributed by atoms with Gasteiger partial charge in [0.25, 0.3) is 0 Å². The highest BCUT2D eigenvalue weighted by molar-refractivity contribution is 5.81. The Labute approximate surface area is 146 Å². The molecule has 2 aromatic rings. The molecule has 2 heterocycles. The van der Waals surface area contributed by atoms with E-state index in [1.807, 2.05) is 18.0 Å². The van der Waals surface area contributed by atoms with E-state index in [-0.39, 0.29) is 11.7 Å². The highest BCUT2D eigenvalue weighted by atomic mass is 19.1. The predicted octanol–water partition coefficient (Wildman–Crippen LogP) is 1.11. The number of piperidine rings is 1. The largest absolute Gasteiger partial charge is 0.339 e. The SMILES string of the molecule is CNC1CCCN(C(=O)C(Cc2cccc(F)c2)n2nnnc2C)C1. The van der Waals surface area contributed by atoms with Crippen LogP contribution in [0.25, 0.3) is 0 Å². The van der Waals surface area contributed by atoms with Crippen LogP contribution >= 0.6 is 0 Å². The number of nitrogens with one attached hydrogen (secondary N) is 1. The average Bonchev–Trinajstić information content (AvgIpc) is 3.05. The van der Waals surface area contributed by atoms with Gasteiger partial charge in [0.15, 0.2) is 0 Å². The van der Waals surface area contributed by atoms with Crippen molar-refractivity contribution in [2.75, 3.05) is 20.1 Å². The minimum atomic E-state index is -0.576. The maximum Gasteiger partial charge on any atom is 0.247 e. The van der Waals surface area contributed by atoms with Gasteiger partial charge in [0, 0.05) is 25.6 Å². The first kappa shape index (κ1) is 17.5. The number of halogens is 1. The number of amides is 1. The van der Waals surface area contributed by atoms with Crippen LogP contribution in [0.1, 0.15) is 30.3 Å². The number of aromatic nitrogens is 4. The summed E-state index contributed by atoms with van der Waals surface area (Å²) in [5.41, 5.74) is 0.746. The van der Waals surface area contributed by atoms with E-state index in [1.54, 1.807) is 13.0 Å². The molecule has 1 saturated heterocycles. The van der Waals surface area contributed by atoms with Crippen LogP contribution in [0.2, 0.25) is 0 Å². The zero-order valence-electron chi connectivity index (χ0n) is 14.5. The maximum absolute atomic E-state index is 13.5. The second kappa shape index (κ2) is 7.69. The topological polar surface area (TPSA) is 75.9 Å². The Kier molecular flexibility index (Phi) is 5.37. The molecule has 0 spiro atoms. The molecule has 7 nitrogen and oxygen atoms in total. The first-order valence-electron chi connectivity index (χ1n) is 8.53. The first-order chi connectivity index (χ1) is 12.1. The van der Waals surface area contributed by atoms with Gasteiger partial charge in [0.1, 0.15) is 17.7 Å². The van der Waals surface area contributed by atoms with E-state index >= 15 is 0 Å². The minimum Gasteiger partial charge on any atom is -0.339 e. The summed E-state index contributed by atoms with van der Waals surface area (Å²) in [5, 5.41) is 14.8. The second-order valence-electron chi connectivity index (χ2n) is 6.43. The molecule has 8 heteroatoms. The van der Waals surface area contributed by atoms with Crippen LogP contribution < -0.4 is 5.32 Å². The van der Waals surface area contributed by atoms with Crippen LogP contribution in [0.15, 0.2) is 24.3 Å². The summed E-state index contributed by atoms with van der Waals surface area (Å²) in [6.45, 7) is 3.15. The Morgan fingerprint density at radius 2 is 2.32 bits per heavy atom. The summed E-state index contributed by atoms with van der Waals surface area (Å²) in [6.07, 6.45) is 2.36. The Bertz CT molecular complexity index is 733. The van der Waals surface area contributed by atoms with E-state index in [1.165, 1.54) is 16.8 Å². The van der Waals surface area contributed by atoms with E-state index in [4.69, 9.17) is 0 Å². The predicted molar refractivity (Wildman–Crippen MR) is 90.4 cm³/mol. The van der Waals surface area contributed by atoms with Crippen molar-refractivity contribution < 1.29 is 9.18 Å². The van der Waals surface area contributed by atoms with Crippen LogP contribution in [0.3, 0.4) is 0 Å². The van der Waals surface area contributed by atoms with Crippen molar-refractivity contribution >= 4 is 5.91 Å². The molecule has 1 aliphatic rings. The van der Waals surface area contributed by atoms with Crippen LogP contribution in [-0.4, -0.2) is 57.2 Å². The Balaban J connectivity index is 1.86. The molecular formula is C17H23FN6O. The van der Waals surface area contributed by atoms with Crippen molar-refractivity contribution in [1.82, 2.24) is 30.4 Å². The molecule has 25 heavy (non-hydrogen) atoms. The molecule has 1 fully saturated rings. The zero-order chi connectivity index (χ0) is 17.8. The smallest absolute Gasteiger partial charge is 0.247 e. The highest BCUT2D eigenvalue weighted by Crippen LogP contribution is 2.21. The van der Waals surface area contributed by atoms with Gasteiger partial charge in [-0.3, -0.25) is 4.79 Å². The third kappa shape index (κ3) is 4.01. The van der Waals surface area contributed by atoms with Crippen LogP contribution in [0.5, 0.6) is 0 Å². The lowest BCUT2D eigenvalue weighted by Crippen LogP contribution is -2.49. The first-order valence-corrected chi connectivity index (χ1v) is 8.53. The van der Waals surface area contributed by atoms with E-state index in [0.29, 0.717) is 24.8 Å². The van der Waals surface area contributed by atoms with E-state index < -0.39 is 6.04 Å². The number of tetrazole rings is 1.